The van der Waals surface area contributed by atoms with Crippen molar-refractivity contribution in [3.05, 3.63) is 18.2 Å². The number of methoxy groups -OCH3 is 1. The summed E-state index contributed by atoms with van der Waals surface area (Å²) in [5, 5.41) is 3.67. The SMILES string of the molecule is CCOc1ccc(NC2CC(C)CCC2C)cc1OC. The zero-order chi connectivity index (χ0) is 14.5. The van der Waals surface area contributed by atoms with Gasteiger partial charge in [-0.2, -0.15) is 0 Å². The first kappa shape index (κ1) is 15.0. The molecule has 0 heterocycles. The first-order chi connectivity index (χ1) is 9.63. The van der Waals surface area contributed by atoms with Crippen LogP contribution in [0.5, 0.6) is 11.5 Å². The van der Waals surface area contributed by atoms with Crippen LogP contribution in [-0.4, -0.2) is 19.8 Å². The summed E-state index contributed by atoms with van der Waals surface area (Å²) in [6.07, 6.45) is 3.91. The smallest absolute Gasteiger partial charge is 0.162 e. The fourth-order valence-electron chi connectivity index (χ4n) is 2.98. The van der Waals surface area contributed by atoms with Crippen LogP contribution in [0.15, 0.2) is 18.2 Å². The van der Waals surface area contributed by atoms with Crippen molar-refractivity contribution in [1.82, 2.24) is 0 Å². The first-order valence-corrected chi connectivity index (χ1v) is 7.71. The molecule has 1 N–H and O–H groups in total. The van der Waals surface area contributed by atoms with Crippen molar-refractivity contribution in [2.75, 3.05) is 19.0 Å². The summed E-state index contributed by atoms with van der Waals surface area (Å²) in [5.74, 6) is 3.15. The zero-order valence-electron chi connectivity index (χ0n) is 13.1. The van der Waals surface area contributed by atoms with E-state index in [1.807, 2.05) is 19.1 Å². The van der Waals surface area contributed by atoms with Gasteiger partial charge < -0.3 is 14.8 Å². The molecule has 3 nitrogen and oxygen atoms in total. The molecule has 20 heavy (non-hydrogen) atoms. The minimum atomic E-state index is 0.557. The third kappa shape index (κ3) is 3.59. The zero-order valence-corrected chi connectivity index (χ0v) is 13.1. The summed E-state index contributed by atoms with van der Waals surface area (Å²) < 4.78 is 11.0. The maximum atomic E-state index is 5.56. The highest BCUT2D eigenvalue weighted by molar-refractivity contribution is 5.55. The lowest BCUT2D eigenvalue weighted by atomic mass is 9.80. The quantitative estimate of drug-likeness (QED) is 0.869. The maximum Gasteiger partial charge on any atom is 0.162 e. The molecule has 1 fully saturated rings. The van der Waals surface area contributed by atoms with Crippen LogP contribution < -0.4 is 14.8 Å². The van der Waals surface area contributed by atoms with Crippen molar-refractivity contribution in [3.8, 4) is 11.5 Å². The molecule has 1 aromatic rings. The number of hydrogen-bond acceptors (Lipinski definition) is 3. The molecule has 0 saturated heterocycles. The van der Waals surface area contributed by atoms with Crippen LogP contribution in [0.3, 0.4) is 0 Å². The Morgan fingerprint density at radius 3 is 2.70 bits per heavy atom. The van der Waals surface area contributed by atoms with Gasteiger partial charge in [0.1, 0.15) is 0 Å². The van der Waals surface area contributed by atoms with Gasteiger partial charge in [-0.05, 0) is 43.7 Å². The van der Waals surface area contributed by atoms with Crippen molar-refractivity contribution in [2.45, 2.75) is 46.1 Å². The van der Waals surface area contributed by atoms with E-state index in [4.69, 9.17) is 9.47 Å². The summed E-state index contributed by atoms with van der Waals surface area (Å²) >= 11 is 0. The highest BCUT2D eigenvalue weighted by Crippen LogP contribution is 2.34. The van der Waals surface area contributed by atoms with Gasteiger partial charge in [-0.1, -0.05) is 20.3 Å². The largest absolute Gasteiger partial charge is 0.493 e. The number of anilines is 1. The fraction of sp³-hybridized carbons (Fsp3) is 0.647. The van der Waals surface area contributed by atoms with Gasteiger partial charge in [0.05, 0.1) is 13.7 Å². The predicted molar refractivity (Wildman–Crippen MR) is 83.8 cm³/mol. The lowest BCUT2D eigenvalue weighted by molar-refractivity contribution is 0.280. The Morgan fingerprint density at radius 2 is 2.00 bits per heavy atom. The average Bonchev–Trinajstić information content (AvgIpc) is 2.44. The topological polar surface area (TPSA) is 30.5 Å². The Kier molecular flexibility index (Phi) is 5.16. The third-order valence-corrected chi connectivity index (χ3v) is 4.27. The molecular weight excluding hydrogens is 250 g/mol. The molecule has 0 aromatic heterocycles. The average molecular weight is 277 g/mol. The molecule has 1 saturated carbocycles. The summed E-state index contributed by atoms with van der Waals surface area (Å²) in [6, 6.07) is 6.67. The van der Waals surface area contributed by atoms with Crippen molar-refractivity contribution >= 4 is 5.69 Å². The molecule has 112 valence electrons. The van der Waals surface area contributed by atoms with E-state index in [0.717, 1.165) is 29.0 Å². The van der Waals surface area contributed by atoms with E-state index in [2.05, 4.69) is 25.2 Å². The van der Waals surface area contributed by atoms with Crippen LogP contribution in [-0.2, 0) is 0 Å². The Hall–Kier alpha value is -1.38. The summed E-state index contributed by atoms with van der Waals surface area (Å²) in [5.41, 5.74) is 1.12. The van der Waals surface area contributed by atoms with Crippen molar-refractivity contribution < 1.29 is 9.47 Å². The summed E-state index contributed by atoms with van der Waals surface area (Å²) in [6.45, 7) is 7.33. The van der Waals surface area contributed by atoms with Gasteiger partial charge in [-0.3, -0.25) is 0 Å². The molecule has 0 radical (unpaired) electrons. The molecule has 1 aliphatic carbocycles. The second-order valence-corrected chi connectivity index (χ2v) is 5.94. The molecule has 0 bridgehead atoms. The molecule has 3 atom stereocenters. The Bertz CT molecular complexity index is 433. The number of benzene rings is 1. The van der Waals surface area contributed by atoms with E-state index in [-0.39, 0.29) is 0 Å². The van der Waals surface area contributed by atoms with Crippen molar-refractivity contribution in [2.24, 2.45) is 11.8 Å². The van der Waals surface area contributed by atoms with Gasteiger partial charge in [0.25, 0.3) is 0 Å². The second kappa shape index (κ2) is 6.87. The Labute approximate surface area is 122 Å². The lowest BCUT2D eigenvalue weighted by Gasteiger charge is -2.34. The van der Waals surface area contributed by atoms with Gasteiger partial charge in [0.2, 0.25) is 0 Å². The van der Waals surface area contributed by atoms with Crippen LogP contribution in [0, 0.1) is 11.8 Å². The normalized spacial score (nSPS) is 26.1. The standard InChI is InChI=1S/C17H27NO2/c1-5-20-16-9-8-14(11-17(16)19-4)18-15-10-12(2)6-7-13(15)3/h8-9,11-13,15,18H,5-7,10H2,1-4H3. The van der Waals surface area contributed by atoms with Gasteiger partial charge in [0.15, 0.2) is 11.5 Å². The molecule has 1 aromatic carbocycles. The molecule has 2 rings (SSSR count). The molecule has 0 amide bonds. The number of hydrogen-bond donors (Lipinski definition) is 1. The monoisotopic (exact) mass is 277 g/mol. The highest BCUT2D eigenvalue weighted by atomic mass is 16.5. The molecule has 3 heteroatoms. The van der Waals surface area contributed by atoms with E-state index in [9.17, 15) is 0 Å². The highest BCUT2D eigenvalue weighted by Gasteiger charge is 2.25. The molecule has 1 aliphatic rings. The van der Waals surface area contributed by atoms with Crippen LogP contribution >= 0.6 is 0 Å². The Morgan fingerprint density at radius 1 is 1.20 bits per heavy atom. The predicted octanol–water partition coefficient (Wildman–Crippen LogP) is 4.33. The van der Waals surface area contributed by atoms with E-state index < -0.39 is 0 Å². The van der Waals surface area contributed by atoms with Crippen LogP contribution in [0.1, 0.15) is 40.0 Å². The summed E-state index contributed by atoms with van der Waals surface area (Å²) in [4.78, 5) is 0. The van der Waals surface area contributed by atoms with Gasteiger partial charge in [0, 0.05) is 17.8 Å². The minimum Gasteiger partial charge on any atom is -0.493 e. The lowest BCUT2D eigenvalue weighted by Crippen LogP contribution is -2.33. The van der Waals surface area contributed by atoms with Gasteiger partial charge in [-0.15, -0.1) is 0 Å². The molecule has 0 aliphatic heterocycles. The van der Waals surface area contributed by atoms with E-state index in [1.54, 1.807) is 7.11 Å². The minimum absolute atomic E-state index is 0.557. The third-order valence-electron chi connectivity index (χ3n) is 4.27. The van der Waals surface area contributed by atoms with Gasteiger partial charge in [-0.25, -0.2) is 0 Å². The van der Waals surface area contributed by atoms with Crippen LogP contribution in [0.25, 0.3) is 0 Å². The Balaban J connectivity index is 2.08. The van der Waals surface area contributed by atoms with E-state index >= 15 is 0 Å². The van der Waals surface area contributed by atoms with Crippen LogP contribution in [0.4, 0.5) is 5.69 Å². The molecule has 3 unspecified atom stereocenters. The van der Waals surface area contributed by atoms with E-state index in [0.29, 0.717) is 12.6 Å². The van der Waals surface area contributed by atoms with Gasteiger partial charge >= 0.3 is 0 Å². The molecule has 0 spiro atoms. The number of nitrogens with one attached hydrogen (secondary N) is 1. The van der Waals surface area contributed by atoms with Crippen molar-refractivity contribution in [3.63, 3.8) is 0 Å². The van der Waals surface area contributed by atoms with Crippen LogP contribution in [0.2, 0.25) is 0 Å². The number of rotatable bonds is 5. The van der Waals surface area contributed by atoms with Crippen molar-refractivity contribution in [1.29, 1.82) is 0 Å². The molecular formula is C17H27NO2. The van der Waals surface area contributed by atoms with E-state index in [1.165, 1.54) is 19.3 Å². The second-order valence-electron chi connectivity index (χ2n) is 5.94. The fourth-order valence-corrected chi connectivity index (χ4v) is 2.98. The first-order valence-electron chi connectivity index (χ1n) is 7.71. The summed E-state index contributed by atoms with van der Waals surface area (Å²) in [7, 11) is 1.69. The number of ether oxygens (including phenoxy) is 2. The maximum absolute atomic E-state index is 5.56.